The third-order valence-corrected chi connectivity index (χ3v) is 8.23. The zero-order chi connectivity index (χ0) is 22.7. The van der Waals surface area contributed by atoms with Crippen molar-refractivity contribution in [3.63, 3.8) is 0 Å². The molecule has 0 spiro atoms. The van der Waals surface area contributed by atoms with Crippen LogP contribution in [0.2, 0.25) is 0 Å². The van der Waals surface area contributed by atoms with Crippen molar-refractivity contribution in [3.8, 4) is 0 Å². The third kappa shape index (κ3) is 4.98. The van der Waals surface area contributed by atoms with Crippen LogP contribution in [-0.4, -0.2) is 58.0 Å². The molecular weight excluding hydrogens is 426 g/mol. The number of amides is 1. The summed E-state index contributed by atoms with van der Waals surface area (Å²) in [6, 6.07) is 12.6. The van der Waals surface area contributed by atoms with E-state index >= 15 is 0 Å². The van der Waals surface area contributed by atoms with Gasteiger partial charge in [0.1, 0.15) is 0 Å². The fraction of sp³-hybridized carbons (Fsp3) is 0.458. The maximum Gasteiger partial charge on any atom is 0.255 e. The number of aryl methyl sites for hydroxylation is 1. The van der Waals surface area contributed by atoms with Gasteiger partial charge in [-0.3, -0.25) is 4.79 Å². The second-order valence-electron chi connectivity index (χ2n) is 8.66. The van der Waals surface area contributed by atoms with Gasteiger partial charge < -0.3 is 15.0 Å². The summed E-state index contributed by atoms with van der Waals surface area (Å²) in [4.78, 5) is 15.5. The molecule has 0 bridgehead atoms. The third-order valence-electron chi connectivity index (χ3n) is 6.34. The molecule has 2 aliphatic heterocycles. The first-order valence-electron chi connectivity index (χ1n) is 11.2. The van der Waals surface area contributed by atoms with Crippen LogP contribution in [0, 0.1) is 12.8 Å². The van der Waals surface area contributed by atoms with Crippen LogP contribution in [-0.2, 0) is 14.8 Å². The van der Waals surface area contributed by atoms with E-state index in [0.717, 1.165) is 30.3 Å². The lowest BCUT2D eigenvalue weighted by molar-refractivity contribution is 0.0730. The molecule has 172 valence electrons. The van der Waals surface area contributed by atoms with E-state index in [4.69, 9.17) is 4.74 Å². The van der Waals surface area contributed by atoms with Gasteiger partial charge in [-0.2, -0.15) is 4.31 Å². The summed E-state index contributed by atoms with van der Waals surface area (Å²) in [5.41, 5.74) is 2.92. The molecule has 32 heavy (non-hydrogen) atoms. The number of rotatable bonds is 5. The normalized spacial score (nSPS) is 18.5. The Labute approximate surface area is 190 Å². The monoisotopic (exact) mass is 457 g/mol. The molecule has 0 radical (unpaired) electrons. The van der Waals surface area contributed by atoms with Crippen LogP contribution in [0.1, 0.15) is 35.7 Å². The maximum absolute atomic E-state index is 13.0. The van der Waals surface area contributed by atoms with Gasteiger partial charge in [0, 0.05) is 43.1 Å². The average Bonchev–Trinajstić information content (AvgIpc) is 2.81. The fourth-order valence-electron chi connectivity index (χ4n) is 4.16. The van der Waals surface area contributed by atoms with Gasteiger partial charge in [0.2, 0.25) is 10.0 Å². The van der Waals surface area contributed by atoms with Crippen molar-refractivity contribution >= 4 is 27.3 Å². The Morgan fingerprint density at radius 3 is 2.31 bits per heavy atom. The van der Waals surface area contributed by atoms with E-state index in [-0.39, 0.29) is 10.8 Å². The van der Waals surface area contributed by atoms with Crippen LogP contribution in [0.5, 0.6) is 0 Å². The van der Waals surface area contributed by atoms with E-state index in [1.165, 1.54) is 23.2 Å². The number of morpholine rings is 1. The van der Waals surface area contributed by atoms with Crippen LogP contribution in [0.3, 0.4) is 0 Å². The molecule has 2 fully saturated rings. The second kappa shape index (κ2) is 9.60. The predicted octanol–water partition coefficient (Wildman–Crippen LogP) is 3.50. The molecule has 1 amide bonds. The molecule has 2 aliphatic rings. The number of nitrogens with zero attached hydrogens (tertiary/aromatic N) is 2. The van der Waals surface area contributed by atoms with E-state index in [2.05, 4.69) is 17.1 Å². The zero-order valence-electron chi connectivity index (χ0n) is 18.7. The first-order chi connectivity index (χ1) is 15.3. The highest BCUT2D eigenvalue weighted by molar-refractivity contribution is 7.89. The number of carbonyl (C=O) groups excluding carboxylic acids is 1. The number of ether oxygens (including phenoxy) is 1. The SMILES string of the molecule is Cc1ccc(S(=O)(=O)N2CCOCC2)cc1C(=O)Nc1ccc(N2CCC(C)CC2)cc1. The minimum atomic E-state index is -3.66. The summed E-state index contributed by atoms with van der Waals surface area (Å²) in [6.45, 7) is 7.60. The summed E-state index contributed by atoms with van der Waals surface area (Å²) in [6.07, 6.45) is 2.39. The number of benzene rings is 2. The maximum atomic E-state index is 13.0. The topological polar surface area (TPSA) is 78.9 Å². The number of hydrogen-bond donors (Lipinski definition) is 1. The van der Waals surface area contributed by atoms with Crippen molar-refractivity contribution in [2.75, 3.05) is 49.6 Å². The molecule has 2 heterocycles. The zero-order valence-corrected chi connectivity index (χ0v) is 19.5. The first kappa shape index (κ1) is 22.8. The van der Waals surface area contributed by atoms with Crippen LogP contribution >= 0.6 is 0 Å². The van der Waals surface area contributed by atoms with Gasteiger partial charge in [0.05, 0.1) is 18.1 Å². The number of sulfonamides is 1. The molecule has 1 N–H and O–H groups in total. The molecule has 2 aromatic carbocycles. The highest BCUT2D eigenvalue weighted by Crippen LogP contribution is 2.25. The van der Waals surface area contributed by atoms with Crippen molar-refractivity contribution < 1.29 is 17.9 Å². The van der Waals surface area contributed by atoms with Crippen LogP contribution < -0.4 is 10.2 Å². The molecular formula is C24H31N3O4S. The summed E-state index contributed by atoms with van der Waals surface area (Å²) in [5, 5.41) is 2.91. The van der Waals surface area contributed by atoms with Crippen molar-refractivity contribution in [1.82, 2.24) is 4.31 Å². The molecule has 4 rings (SSSR count). The van der Waals surface area contributed by atoms with Gasteiger partial charge in [-0.1, -0.05) is 13.0 Å². The number of carbonyl (C=O) groups is 1. The van der Waals surface area contributed by atoms with Gasteiger partial charge in [-0.05, 0) is 67.6 Å². The first-order valence-corrected chi connectivity index (χ1v) is 12.6. The Balaban J connectivity index is 1.48. The predicted molar refractivity (Wildman–Crippen MR) is 126 cm³/mol. The van der Waals surface area contributed by atoms with Crippen molar-refractivity contribution in [3.05, 3.63) is 53.6 Å². The number of anilines is 2. The number of nitrogens with one attached hydrogen (secondary N) is 1. The second-order valence-corrected chi connectivity index (χ2v) is 10.6. The Hall–Kier alpha value is -2.42. The fourth-order valence-corrected chi connectivity index (χ4v) is 5.60. The van der Waals surface area contributed by atoms with Crippen LogP contribution in [0.4, 0.5) is 11.4 Å². The lowest BCUT2D eigenvalue weighted by atomic mass is 9.99. The molecule has 8 heteroatoms. The van der Waals surface area contributed by atoms with Crippen LogP contribution in [0.25, 0.3) is 0 Å². The van der Waals surface area contributed by atoms with Crippen LogP contribution in [0.15, 0.2) is 47.4 Å². The number of piperidine rings is 1. The Morgan fingerprint density at radius 2 is 1.66 bits per heavy atom. The summed E-state index contributed by atoms with van der Waals surface area (Å²) in [7, 11) is -3.66. The largest absolute Gasteiger partial charge is 0.379 e. The van der Waals surface area contributed by atoms with Gasteiger partial charge in [0.15, 0.2) is 0 Å². The molecule has 2 saturated heterocycles. The molecule has 0 aromatic heterocycles. The Bertz CT molecular complexity index is 1060. The van der Waals surface area contributed by atoms with E-state index in [1.54, 1.807) is 19.1 Å². The smallest absolute Gasteiger partial charge is 0.255 e. The van der Waals surface area contributed by atoms with Gasteiger partial charge >= 0.3 is 0 Å². The lowest BCUT2D eigenvalue weighted by Gasteiger charge is -2.32. The summed E-state index contributed by atoms with van der Waals surface area (Å²) < 4.78 is 32.6. The van der Waals surface area contributed by atoms with Gasteiger partial charge in [-0.25, -0.2) is 8.42 Å². The van der Waals surface area contributed by atoms with E-state index < -0.39 is 10.0 Å². The molecule has 0 unspecified atom stereocenters. The average molecular weight is 458 g/mol. The van der Waals surface area contributed by atoms with Gasteiger partial charge in [0.25, 0.3) is 5.91 Å². The lowest BCUT2D eigenvalue weighted by Crippen LogP contribution is -2.40. The molecule has 0 aliphatic carbocycles. The Morgan fingerprint density at radius 1 is 1.00 bits per heavy atom. The van der Waals surface area contributed by atoms with E-state index in [9.17, 15) is 13.2 Å². The quantitative estimate of drug-likeness (QED) is 0.743. The highest BCUT2D eigenvalue weighted by Gasteiger charge is 2.27. The molecule has 0 saturated carbocycles. The summed E-state index contributed by atoms with van der Waals surface area (Å²) >= 11 is 0. The van der Waals surface area contributed by atoms with E-state index in [1.807, 2.05) is 24.3 Å². The van der Waals surface area contributed by atoms with E-state index in [0.29, 0.717) is 37.6 Å². The minimum Gasteiger partial charge on any atom is -0.379 e. The minimum absolute atomic E-state index is 0.129. The molecule has 0 atom stereocenters. The molecule has 2 aromatic rings. The highest BCUT2D eigenvalue weighted by atomic mass is 32.2. The van der Waals surface area contributed by atoms with Crippen molar-refractivity contribution in [2.45, 2.75) is 31.6 Å². The van der Waals surface area contributed by atoms with Crippen molar-refractivity contribution in [1.29, 1.82) is 0 Å². The Kier molecular flexibility index (Phi) is 6.83. The van der Waals surface area contributed by atoms with Crippen molar-refractivity contribution in [2.24, 2.45) is 5.92 Å². The van der Waals surface area contributed by atoms with Gasteiger partial charge in [-0.15, -0.1) is 0 Å². The number of hydrogen-bond acceptors (Lipinski definition) is 5. The standard InChI is InChI=1S/C24H31N3O4S/c1-18-9-11-26(12-10-18)21-6-4-20(5-7-21)25-24(28)23-17-22(8-3-19(23)2)32(29,30)27-13-15-31-16-14-27/h3-8,17-18H,9-16H2,1-2H3,(H,25,28). The molecule has 7 nitrogen and oxygen atoms in total. The summed E-state index contributed by atoms with van der Waals surface area (Å²) in [5.74, 6) is 0.456.